The minimum Gasteiger partial charge on any atom is -0.481 e. The first-order chi connectivity index (χ1) is 19.2. The number of carbonyl (C=O) groups is 5. The molecule has 12 nitrogen and oxygen atoms in total. The standard InChI is InChI=1S/C27H32N4O8S/c1-2-3-17-39-27(38)31-15-13-30(14-16-31)26(37)19(9-11-21(32)33)28-24(36)23-20(10-12-22(34)35)40-25(29-23)18-7-5-4-6-8-18/h4-8,10,12,19H,2-3,9,11,13-17H2,1H3,(H,28,36)(H,32,33)(H,34,35)/t19-/m0/s1. The number of hydrogen-bond donors (Lipinski definition) is 3. The summed E-state index contributed by atoms with van der Waals surface area (Å²) in [6.45, 7) is 3.19. The first-order valence-corrected chi connectivity index (χ1v) is 13.7. The number of unbranched alkanes of at least 4 members (excludes halogenated alkanes) is 1. The maximum absolute atomic E-state index is 13.4. The number of aliphatic carboxylic acids is 2. The van der Waals surface area contributed by atoms with Gasteiger partial charge in [-0.05, 0) is 18.9 Å². The fourth-order valence-corrected chi connectivity index (χ4v) is 4.91. The fraction of sp³-hybridized carbons (Fsp3) is 0.407. The Morgan fingerprint density at radius 2 is 1.75 bits per heavy atom. The van der Waals surface area contributed by atoms with Crippen LogP contribution in [0.25, 0.3) is 16.6 Å². The molecule has 1 saturated heterocycles. The number of benzene rings is 1. The number of rotatable bonds is 12. The van der Waals surface area contributed by atoms with Crippen LogP contribution in [-0.2, 0) is 19.1 Å². The Morgan fingerprint density at radius 1 is 1.07 bits per heavy atom. The number of carboxylic acid groups (broad SMARTS) is 2. The van der Waals surface area contributed by atoms with Crippen LogP contribution in [0.4, 0.5) is 4.79 Å². The van der Waals surface area contributed by atoms with Gasteiger partial charge in [0.2, 0.25) is 5.91 Å². The van der Waals surface area contributed by atoms with Gasteiger partial charge in [0.15, 0.2) is 0 Å². The third-order valence-electron chi connectivity index (χ3n) is 6.09. The molecular weight excluding hydrogens is 540 g/mol. The van der Waals surface area contributed by atoms with E-state index in [1.165, 1.54) is 15.9 Å². The number of thiazole rings is 1. The van der Waals surface area contributed by atoms with E-state index in [0.717, 1.165) is 35.8 Å². The Bertz CT molecular complexity index is 1240. The van der Waals surface area contributed by atoms with Gasteiger partial charge in [0.05, 0.1) is 11.5 Å². The molecule has 13 heteroatoms. The second kappa shape index (κ2) is 14.8. The molecule has 0 saturated carbocycles. The number of carbonyl (C=O) groups excluding carboxylic acids is 3. The van der Waals surface area contributed by atoms with Crippen LogP contribution in [-0.4, -0.2) is 93.7 Å². The summed E-state index contributed by atoms with van der Waals surface area (Å²) >= 11 is 1.11. The summed E-state index contributed by atoms with van der Waals surface area (Å²) in [6, 6.07) is 7.85. The lowest BCUT2D eigenvalue weighted by molar-refractivity contribution is -0.138. The molecule has 3 amide bonds. The molecule has 0 unspecified atom stereocenters. The van der Waals surface area contributed by atoms with Crippen LogP contribution in [0.3, 0.4) is 0 Å². The van der Waals surface area contributed by atoms with E-state index in [1.807, 2.05) is 13.0 Å². The summed E-state index contributed by atoms with van der Waals surface area (Å²) in [6.07, 6.45) is 2.83. The van der Waals surface area contributed by atoms with E-state index >= 15 is 0 Å². The molecule has 1 aromatic heterocycles. The predicted octanol–water partition coefficient (Wildman–Crippen LogP) is 2.95. The minimum atomic E-state index is -1.20. The van der Waals surface area contributed by atoms with Gasteiger partial charge in [-0.3, -0.25) is 14.4 Å². The molecular formula is C27H32N4O8S. The van der Waals surface area contributed by atoms with Crippen LogP contribution in [0.1, 0.15) is 48.0 Å². The third-order valence-corrected chi connectivity index (χ3v) is 7.16. The molecule has 1 atom stereocenters. The molecule has 2 aromatic rings. The zero-order chi connectivity index (χ0) is 29.1. The Hall–Kier alpha value is -4.26. The molecule has 1 aliphatic heterocycles. The molecule has 3 N–H and O–H groups in total. The first-order valence-electron chi connectivity index (χ1n) is 12.9. The molecule has 3 rings (SSSR count). The summed E-state index contributed by atoms with van der Waals surface area (Å²) < 4.78 is 5.22. The van der Waals surface area contributed by atoms with E-state index in [1.54, 1.807) is 24.3 Å². The largest absolute Gasteiger partial charge is 0.481 e. The van der Waals surface area contributed by atoms with Crippen LogP contribution in [0.2, 0.25) is 0 Å². The molecule has 214 valence electrons. The van der Waals surface area contributed by atoms with E-state index in [0.29, 0.717) is 11.6 Å². The molecule has 1 aliphatic rings. The third kappa shape index (κ3) is 8.63. The zero-order valence-corrected chi connectivity index (χ0v) is 22.9. The maximum atomic E-state index is 13.4. The van der Waals surface area contributed by atoms with Gasteiger partial charge in [-0.2, -0.15) is 0 Å². The Balaban J connectivity index is 1.75. The van der Waals surface area contributed by atoms with Gasteiger partial charge in [0.25, 0.3) is 5.91 Å². The average Bonchev–Trinajstić information content (AvgIpc) is 3.39. The average molecular weight is 573 g/mol. The number of amides is 3. The van der Waals surface area contributed by atoms with Crippen LogP contribution >= 0.6 is 11.3 Å². The monoisotopic (exact) mass is 572 g/mol. The van der Waals surface area contributed by atoms with Gasteiger partial charge in [-0.1, -0.05) is 43.7 Å². The molecule has 0 aliphatic carbocycles. The van der Waals surface area contributed by atoms with Crippen LogP contribution in [0.5, 0.6) is 0 Å². The van der Waals surface area contributed by atoms with E-state index in [9.17, 15) is 29.1 Å². The molecule has 1 aromatic carbocycles. The number of carboxylic acids is 2. The van der Waals surface area contributed by atoms with Gasteiger partial charge in [-0.25, -0.2) is 14.6 Å². The lowest BCUT2D eigenvalue weighted by Gasteiger charge is -2.36. The number of nitrogens with one attached hydrogen (secondary N) is 1. The van der Waals surface area contributed by atoms with E-state index in [2.05, 4.69) is 10.3 Å². The highest BCUT2D eigenvalue weighted by Gasteiger charge is 2.32. The van der Waals surface area contributed by atoms with Gasteiger partial charge in [0.1, 0.15) is 16.7 Å². The smallest absolute Gasteiger partial charge is 0.409 e. The lowest BCUT2D eigenvalue weighted by atomic mass is 10.1. The summed E-state index contributed by atoms with van der Waals surface area (Å²) in [5, 5.41) is 21.4. The number of aromatic nitrogens is 1. The highest BCUT2D eigenvalue weighted by atomic mass is 32.1. The Labute approximate surface area is 235 Å². The second-order valence-electron chi connectivity index (χ2n) is 9.01. The number of nitrogens with zero attached hydrogens (tertiary/aromatic N) is 3. The maximum Gasteiger partial charge on any atom is 0.409 e. The van der Waals surface area contributed by atoms with Crippen molar-refractivity contribution in [1.29, 1.82) is 0 Å². The SMILES string of the molecule is CCCCOC(=O)N1CCN(C(=O)[C@H](CCC(=O)O)NC(=O)c2nc(-c3ccccc3)sc2C=CC(=O)O)CC1. The lowest BCUT2D eigenvalue weighted by Crippen LogP contribution is -2.56. The van der Waals surface area contributed by atoms with Crippen molar-refractivity contribution in [3.05, 3.63) is 47.0 Å². The Morgan fingerprint density at radius 3 is 2.38 bits per heavy atom. The van der Waals surface area contributed by atoms with E-state index < -0.39 is 35.9 Å². The Kier molecular flexibility index (Phi) is 11.2. The van der Waals surface area contributed by atoms with E-state index in [-0.39, 0.29) is 49.6 Å². The summed E-state index contributed by atoms with van der Waals surface area (Å²) in [5.41, 5.74) is 0.648. The summed E-state index contributed by atoms with van der Waals surface area (Å²) in [4.78, 5) is 69.0. The van der Waals surface area contributed by atoms with Crippen molar-refractivity contribution in [2.45, 2.75) is 38.6 Å². The van der Waals surface area contributed by atoms with Crippen molar-refractivity contribution in [3.8, 4) is 10.6 Å². The normalized spacial score (nSPS) is 14.1. The number of hydrogen-bond acceptors (Lipinski definition) is 8. The van der Waals surface area contributed by atoms with Crippen LogP contribution < -0.4 is 5.32 Å². The number of piperazine rings is 1. The summed E-state index contributed by atoms with van der Waals surface area (Å²) in [5.74, 6) is -3.54. The van der Waals surface area contributed by atoms with Crippen molar-refractivity contribution >= 4 is 47.3 Å². The molecule has 1 fully saturated rings. The van der Waals surface area contributed by atoms with Crippen molar-refractivity contribution in [2.24, 2.45) is 0 Å². The molecule has 0 spiro atoms. The molecule has 40 heavy (non-hydrogen) atoms. The zero-order valence-electron chi connectivity index (χ0n) is 22.1. The van der Waals surface area contributed by atoms with Crippen LogP contribution in [0, 0.1) is 0 Å². The van der Waals surface area contributed by atoms with Crippen molar-refractivity contribution < 1.29 is 38.9 Å². The molecule has 0 bridgehead atoms. The topological polar surface area (TPSA) is 166 Å². The van der Waals surface area contributed by atoms with Gasteiger partial charge >= 0.3 is 18.0 Å². The van der Waals surface area contributed by atoms with Gasteiger partial charge in [-0.15, -0.1) is 11.3 Å². The number of ether oxygens (including phenoxy) is 1. The predicted molar refractivity (Wildman–Crippen MR) is 147 cm³/mol. The highest BCUT2D eigenvalue weighted by Crippen LogP contribution is 2.29. The van der Waals surface area contributed by atoms with Crippen molar-refractivity contribution in [3.63, 3.8) is 0 Å². The summed E-state index contributed by atoms with van der Waals surface area (Å²) in [7, 11) is 0. The molecule has 0 radical (unpaired) electrons. The molecule has 2 heterocycles. The second-order valence-corrected chi connectivity index (χ2v) is 10.0. The van der Waals surface area contributed by atoms with Crippen molar-refractivity contribution in [1.82, 2.24) is 20.1 Å². The van der Waals surface area contributed by atoms with Gasteiger partial charge in [0, 0.05) is 44.2 Å². The quantitative estimate of drug-likeness (QED) is 0.256. The first kappa shape index (κ1) is 30.3. The van der Waals surface area contributed by atoms with Crippen molar-refractivity contribution in [2.75, 3.05) is 32.8 Å². The van der Waals surface area contributed by atoms with Gasteiger partial charge < -0.3 is 30.1 Å². The fourth-order valence-electron chi connectivity index (χ4n) is 3.94. The van der Waals surface area contributed by atoms with Crippen LogP contribution in [0.15, 0.2) is 36.4 Å². The minimum absolute atomic E-state index is 0.0749. The highest BCUT2D eigenvalue weighted by molar-refractivity contribution is 7.16. The van der Waals surface area contributed by atoms with E-state index in [4.69, 9.17) is 9.84 Å².